The second kappa shape index (κ2) is 7.70. The van der Waals surface area contributed by atoms with Gasteiger partial charge in [-0.25, -0.2) is 13.4 Å². The number of likely N-dealkylation sites (N-methyl/N-ethyl adjacent to an activating group) is 1. The van der Waals surface area contributed by atoms with Gasteiger partial charge >= 0.3 is 0 Å². The van der Waals surface area contributed by atoms with Crippen molar-refractivity contribution < 1.29 is 8.42 Å². The van der Waals surface area contributed by atoms with Crippen molar-refractivity contribution in [2.45, 2.75) is 37.6 Å². The minimum Gasteiger partial charge on any atom is -0.349 e. The van der Waals surface area contributed by atoms with E-state index >= 15 is 0 Å². The third-order valence-corrected chi connectivity index (χ3v) is 8.15. The number of hydrogen-bond donors (Lipinski definition) is 0. The molecule has 2 aliphatic heterocycles. The average molecular weight is 419 g/mol. The molecular formula is C20H30N6O2S. The fourth-order valence-corrected chi connectivity index (χ4v) is 5.85. The van der Waals surface area contributed by atoms with Crippen molar-refractivity contribution in [1.29, 1.82) is 0 Å². The van der Waals surface area contributed by atoms with E-state index in [0.717, 1.165) is 44.0 Å². The van der Waals surface area contributed by atoms with Crippen LogP contribution in [0, 0.1) is 13.8 Å². The van der Waals surface area contributed by atoms with Crippen molar-refractivity contribution in [3.63, 3.8) is 0 Å². The maximum atomic E-state index is 12.9. The minimum absolute atomic E-state index is 0.233. The number of sulfonamides is 1. The molecule has 1 atom stereocenters. The Kier molecular flexibility index (Phi) is 5.39. The third kappa shape index (κ3) is 3.67. The molecule has 29 heavy (non-hydrogen) atoms. The first-order chi connectivity index (χ1) is 13.8. The molecule has 0 bridgehead atoms. The number of anilines is 1. The van der Waals surface area contributed by atoms with Gasteiger partial charge in [-0.1, -0.05) is 0 Å². The number of hydrogen-bond acceptors (Lipinski definition) is 6. The van der Waals surface area contributed by atoms with Crippen LogP contribution in [-0.2, 0) is 17.1 Å². The molecule has 0 aliphatic carbocycles. The van der Waals surface area contributed by atoms with E-state index in [1.807, 2.05) is 24.8 Å². The van der Waals surface area contributed by atoms with Crippen molar-refractivity contribution >= 4 is 15.8 Å². The number of aryl methyl sites for hydroxylation is 2. The van der Waals surface area contributed by atoms with Gasteiger partial charge in [-0.15, -0.1) is 0 Å². The highest BCUT2D eigenvalue weighted by Crippen LogP contribution is 2.38. The summed E-state index contributed by atoms with van der Waals surface area (Å²) in [7, 11) is 0.497. The molecule has 158 valence electrons. The number of rotatable bonds is 4. The van der Waals surface area contributed by atoms with Crippen LogP contribution in [0.15, 0.2) is 23.2 Å². The lowest BCUT2D eigenvalue weighted by molar-refractivity contribution is 0.222. The summed E-state index contributed by atoms with van der Waals surface area (Å²) in [5, 5.41) is 4.57. The molecule has 9 heteroatoms. The molecule has 0 aromatic carbocycles. The standard InChI is InChI=1S/C20H30N6O2S/c1-15-20(16(2)24(4)22-15)18-6-5-9-26(18)19-8-7-17(14-21-19)29(27,28)25-12-10-23(3)11-13-25/h7-8,14,18H,5-6,9-13H2,1-4H3. The zero-order valence-electron chi connectivity index (χ0n) is 17.7. The van der Waals surface area contributed by atoms with Gasteiger partial charge in [0.2, 0.25) is 10.0 Å². The molecule has 0 amide bonds. The van der Waals surface area contributed by atoms with Crippen LogP contribution in [0.4, 0.5) is 5.82 Å². The highest BCUT2D eigenvalue weighted by Gasteiger charge is 2.32. The highest BCUT2D eigenvalue weighted by molar-refractivity contribution is 7.89. The summed E-state index contributed by atoms with van der Waals surface area (Å²) < 4.78 is 29.4. The molecule has 2 aromatic heterocycles. The van der Waals surface area contributed by atoms with Crippen molar-refractivity contribution in [3.8, 4) is 0 Å². The Labute approximate surface area is 173 Å². The van der Waals surface area contributed by atoms with E-state index in [1.54, 1.807) is 10.4 Å². The number of piperazine rings is 1. The van der Waals surface area contributed by atoms with E-state index < -0.39 is 10.0 Å². The molecule has 4 heterocycles. The first kappa shape index (κ1) is 20.3. The lowest BCUT2D eigenvalue weighted by atomic mass is 10.0. The molecule has 8 nitrogen and oxygen atoms in total. The molecule has 1 unspecified atom stereocenters. The number of aromatic nitrogens is 3. The third-order valence-electron chi connectivity index (χ3n) is 6.27. The molecule has 0 radical (unpaired) electrons. The monoisotopic (exact) mass is 418 g/mol. The summed E-state index contributed by atoms with van der Waals surface area (Å²) >= 11 is 0. The van der Waals surface area contributed by atoms with Crippen LogP contribution in [0.2, 0.25) is 0 Å². The Bertz CT molecular complexity index is 977. The van der Waals surface area contributed by atoms with Gasteiger partial charge < -0.3 is 9.80 Å². The summed E-state index contributed by atoms with van der Waals surface area (Å²) in [6, 6.07) is 3.78. The number of pyridine rings is 1. The summed E-state index contributed by atoms with van der Waals surface area (Å²) in [6.07, 6.45) is 3.65. The summed E-state index contributed by atoms with van der Waals surface area (Å²) in [6.45, 7) is 7.62. The van der Waals surface area contributed by atoms with Crippen LogP contribution in [0.25, 0.3) is 0 Å². The normalized spacial score (nSPS) is 21.8. The maximum absolute atomic E-state index is 12.9. The van der Waals surface area contributed by atoms with Gasteiger partial charge in [0.25, 0.3) is 0 Å². The van der Waals surface area contributed by atoms with Crippen molar-refractivity contribution in [1.82, 2.24) is 24.0 Å². The van der Waals surface area contributed by atoms with E-state index in [9.17, 15) is 8.42 Å². The Balaban J connectivity index is 1.57. The van der Waals surface area contributed by atoms with Crippen LogP contribution < -0.4 is 4.90 Å². The van der Waals surface area contributed by atoms with Crippen LogP contribution >= 0.6 is 0 Å². The zero-order chi connectivity index (χ0) is 20.8. The van der Waals surface area contributed by atoms with Crippen molar-refractivity contribution in [2.24, 2.45) is 7.05 Å². The van der Waals surface area contributed by atoms with Crippen molar-refractivity contribution in [2.75, 3.05) is 44.7 Å². The molecule has 0 N–H and O–H groups in total. The molecular weight excluding hydrogens is 388 g/mol. The Morgan fingerprint density at radius 3 is 2.34 bits per heavy atom. The molecule has 2 saturated heterocycles. The average Bonchev–Trinajstić information content (AvgIpc) is 3.26. The molecule has 2 aliphatic rings. The lowest BCUT2D eigenvalue weighted by Crippen LogP contribution is -2.47. The van der Waals surface area contributed by atoms with E-state index in [-0.39, 0.29) is 10.9 Å². The molecule has 4 rings (SSSR count). The quantitative estimate of drug-likeness (QED) is 0.753. The molecule has 2 aromatic rings. The summed E-state index contributed by atoms with van der Waals surface area (Å²) in [5.74, 6) is 0.826. The van der Waals surface area contributed by atoms with Gasteiger partial charge in [-0.05, 0) is 45.9 Å². The maximum Gasteiger partial charge on any atom is 0.244 e. The highest BCUT2D eigenvalue weighted by atomic mass is 32.2. The minimum atomic E-state index is -3.49. The molecule has 0 spiro atoms. The van der Waals surface area contributed by atoms with Gasteiger partial charge in [-0.3, -0.25) is 4.68 Å². The predicted molar refractivity (Wildman–Crippen MR) is 112 cm³/mol. The largest absolute Gasteiger partial charge is 0.349 e. The van der Waals surface area contributed by atoms with E-state index in [2.05, 4.69) is 33.7 Å². The Hall–Kier alpha value is -1.97. The topological polar surface area (TPSA) is 74.6 Å². The molecule has 2 fully saturated rings. The second-order valence-corrected chi connectivity index (χ2v) is 10.1. The summed E-state index contributed by atoms with van der Waals surface area (Å²) in [5.41, 5.74) is 3.49. The predicted octanol–water partition coefficient (Wildman–Crippen LogP) is 1.71. The van der Waals surface area contributed by atoms with E-state index in [4.69, 9.17) is 0 Å². The van der Waals surface area contributed by atoms with Crippen LogP contribution in [0.3, 0.4) is 0 Å². The zero-order valence-corrected chi connectivity index (χ0v) is 18.5. The van der Waals surface area contributed by atoms with Crippen LogP contribution in [-0.4, -0.2) is 72.2 Å². The Morgan fingerprint density at radius 1 is 1.03 bits per heavy atom. The molecule has 0 saturated carbocycles. The van der Waals surface area contributed by atoms with Gasteiger partial charge in [0.05, 0.1) is 11.7 Å². The van der Waals surface area contributed by atoms with Crippen molar-refractivity contribution in [3.05, 3.63) is 35.3 Å². The lowest BCUT2D eigenvalue weighted by Gasteiger charge is -2.31. The smallest absolute Gasteiger partial charge is 0.244 e. The fraction of sp³-hybridized carbons (Fsp3) is 0.600. The van der Waals surface area contributed by atoms with Gasteiger partial charge in [0.15, 0.2) is 0 Å². The summed E-state index contributed by atoms with van der Waals surface area (Å²) in [4.78, 5) is 9.26. The fourth-order valence-electron chi connectivity index (χ4n) is 4.49. The van der Waals surface area contributed by atoms with E-state index in [1.165, 1.54) is 17.5 Å². The van der Waals surface area contributed by atoms with Gasteiger partial charge in [0, 0.05) is 57.2 Å². The van der Waals surface area contributed by atoms with Crippen LogP contribution in [0.5, 0.6) is 0 Å². The number of nitrogens with zero attached hydrogens (tertiary/aromatic N) is 6. The Morgan fingerprint density at radius 2 is 1.76 bits per heavy atom. The van der Waals surface area contributed by atoms with Gasteiger partial charge in [0.1, 0.15) is 10.7 Å². The first-order valence-electron chi connectivity index (χ1n) is 10.2. The van der Waals surface area contributed by atoms with E-state index in [0.29, 0.717) is 13.1 Å². The first-order valence-corrected chi connectivity index (χ1v) is 11.6. The second-order valence-electron chi connectivity index (χ2n) is 8.12. The van der Waals surface area contributed by atoms with Gasteiger partial charge in [-0.2, -0.15) is 9.40 Å². The SMILES string of the molecule is Cc1nn(C)c(C)c1C1CCCN1c1ccc(S(=O)(=O)N2CCN(C)CC2)cn1. The van der Waals surface area contributed by atoms with Crippen LogP contribution in [0.1, 0.15) is 35.8 Å².